The van der Waals surface area contributed by atoms with Gasteiger partial charge in [0.2, 0.25) is 5.91 Å². The molecule has 0 saturated carbocycles. The zero-order valence-electron chi connectivity index (χ0n) is 21.7. The number of amides is 1. The van der Waals surface area contributed by atoms with Crippen molar-refractivity contribution in [3.05, 3.63) is 89.5 Å². The lowest BCUT2D eigenvalue weighted by molar-refractivity contribution is -0.161. The molecule has 0 unspecified atom stereocenters. The Balaban J connectivity index is 1.60. The maximum Gasteiger partial charge on any atom is 0.422 e. The van der Waals surface area contributed by atoms with Gasteiger partial charge >= 0.3 is 12.1 Å². The van der Waals surface area contributed by atoms with E-state index in [9.17, 15) is 27.9 Å². The number of halogens is 3. The molecule has 7 nitrogen and oxygen atoms in total. The number of furan rings is 1. The van der Waals surface area contributed by atoms with Crippen molar-refractivity contribution in [2.45, 2.75) is 31.5 Å². The number of rotatable bonds is 11. The van der Waals surface area contributed by atoms with Gasteiger partial charge in [0.05, 0.1) is 19.8 Å². The van der Waals surface area contributed by atoms with Crippen molar-refractivity contribution in [2.75, 3.05) is 20.3 Å². The van der Waals surface area contributed by atoms with Crippen LogP contribution < -0.4 is 10.1 Å². The molecular formula is C30H28F3NO6. The summed E-state index contributed by atoms with van der Waals surface area (Å²) < 4.78 is 54.5. The average Bonchev–Trinajstić information content (AvgIpc) is 3.34. The average molecular weight is 556 g/mol. The molecule has 0 aliphatic rings. The molecule has 0 spiro atoms. The van der Waals surface area contributed by atoms with E-state index in [1.54, 1.807) is 42.5 Å². The molecule has 10 heteroatoms. The number of aryl methyl sites for hydroxylation is 1. The van der Waals surface area contributed by atoms with Crippen LogP contribution in [0.1, 0.15) is 27.9 Å². The molecular weight excluding hydrogens is 527 g/mol. The minimum Gasteiger partial charge on any atom is -0.493 e. The number of methoxy groups -OCH3 is 1. The Kier molecular flexibility index (Phi) is 9.11. The number of nitrogens with one attached hydrogen (secondary N) is 1. The van der Waals surface area contributed by atoms with E-state index < -0.39 is 24.8 Å². The molecule has 0 aliphatic heterocycles. The standard InChI is InChI=1S/C30H28F3NO6/c1-38-24-16-20(12-13-25(36)34-22(17-35)14-19-8-4-2-5-9-19)15-23-26(29(37)39-18-30(31,32)33)27(40-28(23)24)21-10-6-3-7-11-21/h2-11,15-16,22,35H,12-14,17-18H2,1H3,(H,34,36)/t22-/m0/s1. The van der Waals surface area contributed by atoms with Gasteiger partial charge in [0.15, 0.2) is 17.9 Å². The fraction of sp³-hybridized carbons (Fsp3) is 0.267. The summed E-state index contributed by atoms with van der Waals surface area (Å²) in [5.74, 6) is -1.20. The molecule has 0 bridgehead atoms. The molecule has 1 atom stereocenters. The van der Waals surface area contributed by atoms with E-state index in [-0.39, 0.29) is 53.4 Å². The molecule has 210 valence electrons. The van der Waals surface area contributed by atoms with Crippen LogP contribution in [0.3, 0.4) is 0 Å². The van der Waals surface area contributed by atoms with Crippen molar-refractivity contribution in [3.8, 4) is 17.1 Å². The summed E-state index contributed by atoms with van der Waals surface area (Å²) in [5, 5.41) is 12.7. The van der Waals surface area contributed by atoms with Gasteiger partial charge in [0.25, 0.3) is 0 Å². The highest BCUT2D eigenvalue weighted by atomic mass is 19.4. The highest BCUT2D eigenvalue weighted by Gasteiger charge is 2.32. The van der Waals surface area contributed by atoms with Gasteiger partial charge in [-0.1, -0.05) is 60.7 Å². The molecule has 0 aliphatic carbocycles. The molecule has 1 aromatic heterocycles. The summed E-state index contributed by atoms with van der Waals surface area (Å²) in [4.78, 5) is 25.6. The first-order valence-corrected chi connectivity index (χ1v) is 12.6. The Morgan fingerprint density at radius 1 is 1.00 bits per heavy atom. The van der Waals surface area contributed by atoms with Crippen LogP contribution in [0.2, 0.25) is 0 Å². The van der Waals surface area contributed by atoms with E-state index in [2.05, 4.69) is 10.1 Å². The summed E-state index contributed by atoms with van der Waals surface area (Å²) in [6, 6.07) is 20.7. The van der Waals surface area contributed by atoms with Crippen LogP contribution in [0.5, 0.6) is 5.75 Å². The Labute approximate surface area is 228 Å². The summed E-state index contributed by atoms with van der Waals surface area (Å²) in [5.41, 5.74) is 2.02. The number of alkyl halides is 3. The lowest BCUT2D eigenvalue weighted by Crippen LogP contribution is -2.39. The number of benzene rings is 3. The first-order valence-electron chi connectivity index (χ1n) is 12.6. The van der Waals surface area contributed by atoms with E-state index in [0.29, 0.717) is 17.5 Å². The van der Waals surface area contributed by atoms with E-state index >= 15 is 0 Å². The van der Waals surface area contributed by atoms with Gasteiger partial charge in [-0.25, -0.2) is 4.79 Å². The van der Waals surface area contributed by atoms with Crippen LogP contribution in [-0.2, 0) is 22.4 Å². The number of carbonyl (C=O) groups is 2. The topological polar surface area (TPSA) is 98.0 Å². The van der Waals surface area contributed by atoms with Gasteiger partial charge in [0, 0.05) is 17.4 Å². The summed E-state index contributed by atoms with van der Waals surface area (Å²) in [7, 11) is 1.40. The second-order valence-corrected chi connectivity index (χ2v) is 9.18. The maximum atomic E-state index is 12.9. The number of hydrogen-bond acceptors (Lipinski definition) is 6. The molecule has 0 fully saturated rings. The zero-order valence-corrected chi connectivity index (χ0v) is 21.7. The van der Waals surface area contributed by atoms with E-state index in [0.717, 1.165) is 5.56 Å². The fourth-order valence-corrected chi connectivity index (χ4v) is 4.35. The van der Waals surface area contributed by atoms with Crippen molar-refractivity contribution in [1.29, 1.82) is 0 Å². The third-order valence-corrected chi connectivity index (χ3v) is 6.19. The second kappa shape index (κ2) is 12.7. The molecule has 0 radical (unpaired) electrons. The highest BCUT2D eigenvalue weighted by Crippen LogP contribution is 2.39. The first-order chi connectivity index (χ1) is 19.2. The van der Waals surface area contributed by atoms with E-state index in [1.807, 2.05) is 30.3 Å². The van der Waals surface area contributed by atoms with Gasteiger partial charge in [-0.2, -0.15) is 13.2 Å². The smallest absolute Gasteiger partial charge is 0.422 e. The summed E-state index contributed by atoms with van der Waals surface area (Å²) >= 11 is 0. The molecule has 1 amide bonds. The molecule has 0 saturated heterocycles. The lowest BCUT2D eigenvalue weighted by atomic mass is 10.0. The molecule has 40 heavy (non-hydrogen) atoms. The zero-order chi connectivity index (χ0) is 28.7. The van der Waals surface area contributed by atoms with E-state index in [4.69, 9.17) is 9.15 Å². The lowest BCUT2D eigenvalue weighted by Gasteiger charge is -2.16. The Morgan fingerprint density at radius 2 is 1.68 bits per heavy atom. The Bertz CT molecular complexity index is 1450. The fourth-order valence-electron chi connectivity index (χ4n) is 4.35. The minimum absolute atomic E-state index is 0.0441. The largest absolute Gasteiger partial charge is 0.493 e. The first kappa shape index (κ1) is 28.7. The quantitative estimate of drug-likeness (QED) is 0.238. The number of esters is 1. The van der Waals surface area contributed by atoms with Crippen molar-refractivity contribution >= 4 is 22.8 Å². The molecule has 4 aromatic rings. The van der Waals surface area contributed by atoms with Gasteiger partial charge < -0.3 is 24.3 Å². The summed E-state index contributed by atoms with van der Waals surface area (Å²) in [6.07, 6.45) is -3.96. The minimum atomic E-state index is -4.70. The monoisotopic (exact) mass is 555 g/mol. The van der Waals surface area contributed by atoms with Crippen LogP contribution in [0, 0.1) is 0 Å². The van der Waals surface area contributed by atoms with Crippen LogP contribution in [0.15, 0.2) is 77.2 Å². The van der Waals surface area contributed by atoms with Crippen LogP contribution in [0.4, 0.5) is 13.2 Å². The van der Waals surface area contributed by atoms with Crippen molar-refractivity contribution in [1.82, 2.24) is 5.32 Å². The predicted molar refractivity (Wildman–Crippen MR) is 142 cm³/mol. The van der Waals surface area contributed by atoms with Crippen LogP contribution in [0.25, 0.3) is 22.3 Å². The SMILES string of the molecule is COc1cc(CCC(=O)N[C@H](CO)Cc2ccccc2)cc2c(C(=O)OCC(F)(F)F)c(-c3ccccc3)oc12. The number of aliphatic hydroxyl groups excluding tert-OH is 1. The normalized spacial score (nSPS) is 12.2. The summed E-state index contributed by atoms with van der Waals surface area (Å²) in [6.45, 7) is -1.99. The van der Waals surface area contributed by atoms with Crippen molar-refractivity contribution in [2.24, 2.45) is 0 Å². The maximum absolute atomic E-state index is 12.9. The van der Waals surface area contributed by atoms with Crippen LogP contribution in [-0.4, -0.2) is 49.5 Å². The number of aliphatic hydroxyl groups is 1. The molecule has 2 N–H and O–H groups in total. The number of fused-ring (bicyclic) bond motifs is 1. The van der Waals surface area contributed by atoms with Gasteiger partial charge in [-0.3, -0.25) is 4.79 Å². The third kappa shape index (κ3) is 7.20. The van der Waals surface area contributed by atoms with Crippen molar-refractivity contribution in [3.63, 3.8) is 0 Å². The number of hydrogen-bond donors (Lipinski definition) is 2. The number of ether oxygens (including phenoxy) is 2. The third-order valence-electron chi connectivity index (χ3n) is 6.19. The second-order valence-electron chi connectivity index (χ2n) is 9.18. The van der Waals surface area contributed by atoms with Crippen LogP contribution >= 0.6 is 0 Å². The predicted octanol–water partition coefficient (Wildman–Crippen LogP) is 5.48. The Hall–Kier alpha value is -4.31. The Morgan fingerprint density at radius 3 is 2.30 bits per heavy atom. The highest BCUT2D eigenvalue weighted by molar-refractivity contribution is 6.10. The van der Waals surface area contributed by atoms with Gasteiger partial charge in [-0.05, 0) is 36.1 Å². The number of carbonyl (C=O) groups excluding carboxylic acids is 2. The van der Waals surface area contributed by atoms with Gasteiger partial charge in [-0.15, -0.1) is 0 Å². The van der Waals surface area contributed by atoms with Crippen molar-refractivity contribution < 1.29 is 41.8 Å². The van der Waals surface area contributed by atoms with E-state index in [1.165, 1.54) is 7.11 Å². The molecule has 4 rings (SSSR count). The molecule has 1 heterocycles. The molecule has 3 aromatic carbocycles. The van der Waals surface area contributed by atoms with Gasteiger partial charge in [0.1, 0.15) is 11.3 Å².